The standard InChI is InChI=1S/C17H24BNO3S/c1-12-7-8-14(10-19-12)9-15(11-23-13(2)20)18-21-16(3,4)17(5,6)22-18/h7-10H,11H2,1-6H3. The van der Waals surface area contributed by atoms with Gasteiger partial charge < -0.3 is 9.31 Å². The summed E-state index contributed by atoms with van der Waals surface area (Å²) in [7, 11) is -0.451. The summed E-state index contributed by atoms with van der Waals surface area (Å²) < 4.78 is 12.2. The molecule has 6 heteroatoms. The zero-order chi connectivity index (χ0) is 17.3. The maximum absolute atomic E-state index is 11.4. The summed E-state index contributed by atoms with van der Waals surface area (Å²) in [6.45, 7) is 11.6. The molecular weight excluding hydrogens is 309 g/mol. The third-order valence-corrected chi connectivity index (χ3v) is 5.17. The smallest absolute Gasteiger partial charge is 0.400 e. The first-order valence-electron chi connectivity index (χ1n) is 7.73. The predicted molar refractivity (Wildman–Crippen MR) is 96.2 cm³/mol. The SMILES string of the molecule is CC(=O)SCC(=Cc1ccc(C)nc1)B1OC(C)(C)C(C)(C)O1. The Morgan fingerprint density at radius 3 is 2.35 bits per heavy atom. The van der Waals surface area contributed by atoms with Gasteiger partial charge in [-0.1, -0.05) is 23.9 Å². The summed E-state index contributed by atoms with van der Waals surface area (Å²) in [4.78, 5) is 15.7. The van der Waals surface area contributed by atoms with Gasteiger partial charge in [0.25, 0.3) is 0 Å². The molecule has 0 aromatic carbocycles. The number of aryl methyl sites for hydroxylation is 1. The first kappa shape index (κ1) is 18.2. The molecule has 0 atom stereocenters. The van der Waals surface area contributed by atoms with Gasteiger partial charge in [0.05, 0.1) is 11.2 Å². The largest absolute Gasteiger partial charge is 0.491 e. The molecule has 0 bridgehead atoms. The van der Waals surface area contributed by atoms with Gasteiger partial charge in [0, 0.05) is 24.6 Å². The van der Waals surface area contributed by atoms with Crippen molar-refractivity contribution in [3.05, 3.63) is 35.1 Å². The van der Waals surface area contributed by atoms with Gasteiger partial charge >= 0.3 is 7.12 Å². The number of nitrogens with zero attached hydrogens (tertiary/aromatic N) is 1. The van der Waals surface area contributed by atoms with Gasteiger partial charge in [-0.15, -0.1) is 0 Å². The molecule has 1 aromatic heterocycles. The number of pyridine rings is 1. The Bertz CT molecular complexity index is 595. The molecule has 0 aliphatic carbocycles. The van der Waals surface area contributed by atoms with Crippen molar-refractivity contribution in [3.63, 3.8) is 0 Å². The van der Waals surface area contributed by atoms with Gasteiger partial charge in [-0.05, 0) is 51.7 Å². The Kier molecular flexibility index (Phi) is 5.39. The van der Waals surface area contributed by atoms with Crippen LogP contribution in [-0.2, 0) is 14.1 Å². The van der Waals surface area contributed by atoms with Crippen LogP contribution in [0.3, 0.4) is 0 Å². The average Bonchev–Trinajstić information content (AvgIpc) is 2.65. The van der Waals surface area contributed by atoms with E-state index in [0.717, 1.165) is 16.7 Å². The fourth-order valence-corrected chi connectivity index (χ4v) is 2.73. The molecule has 1 aliphatic heterocycles. The Morgan fingerprint density at radius 1 is 1.26 bits per heavy atom. The maximum Gasteiger partial charge on any atom is 0.491 e. The van der Waals surface area contributed by atoms with Crippen molar-refractivity contribution >= 4 is 30.1 Å². The van der Waals surface area contributed by atoms with E-state index >= 15 is 0 Å². The molecule has 0 spiro atoms. The van der Waals surface area contributed by atoms with Gasteiger partial charge in [0.15, 0.2) is 5.12 Å². The van der Waals surface area contributed by atoms with Crippen molar-refractivity contribution < 1.29 is 14.1 Å². The fourth-order valence-electron chi connectivity index (χ4n) is 2.14. The van der Waals surface area contributed by atoms with Crippen molar-refractivity contribution in [3.8, 4) is 0 Å². The monoisotopic (exact) mass is 333 g/mol. The molecule has 0 radical (unpaired) electrons. The zero-order valence-corrected chi connectivity index (χ0v) is 15.5. The van der Waals surface area contributed by atoms with Crippen LogP contribution in [0.15, 0.2) is 23.8 Å². The van der Waals surface area contributed by atoms with Crippen LogP contribution in [0, 0.1) is 6.92 Å². The van der Waals surface area contributed by atoms with E-state index in [1.165, 1.54) is 11.8 Å². The van der Waals surface area contributed by atoms with Crippen molar-refractivity contribution in [1.29, 1.82) is 0 Å². The van der Waals surface area contributed by atoms with Crippen LogP contribution < -0.4 is 0 Å². The van der Waals surface area contributed by atoms with E-state index in [-0.39, 0.29) is 5.12 Å². The lowest BCUT2D eigenvalue weighted by atomic mass is 9.78. The number of aromatic nitrogens is 1. The highest BCUT2D eigenvalue weighted by atomic mass is 32.2. The molecule has 1 saturated heterocycles. The molecule has 0 N–H and O–H groups in total. The van der Waals surface area contributed by atoms with Crippen LogP contribution in [0.4, 0.5) is 0 Å². The normalized spacial score (nSPS) is 19.9. The average molecular weight is 333 g/mol. The number of hydrogen-bond acceptors (Lipinski definition) is 5. The molecular formula is C17H24BNO3S. The van der Waals surface area contributed by atoms with Crippen LogP contribution in [0.1, 0.15) is 45.9 Å². The summed E-state index contributed by atoms with van der Waals surface area (Å²) in [6.07, 6.45) is 3.82. The quantitative estimate of drug-likeness (QED) is 0.787. The first-order chi connectivity index (χ1) is 10.6. The Balaban J connectivity index is 2.28. The number of rotatable bonds is 4. The fraction of sp³-hybridized carbons (Fsp3) is 0.529. The lowest BCUT2D eigenvalue weighted by Crippen LogP contribution is -2.41. The highest BCUT2D eigenvalue weighted by molar-refractivity contribution is 8.13. The maximum atomic E-state index is 11.4. The highest BCUT2D eigenvalue weighted by Crippen LogP contribution is 2.39. The second kappa shape index (κ2) is 6.79. The molecule has 1 aromatic rings. The van der Waals surface area contributed by atoms with Crippen LogP contribution >= 0.6 is 11.8 Å². The minimum absolute atomic E-state index is 0.0782. The van der Waals surface area contributed by atoms with E-state index < -0.39 is 18.3 Å². The Labute approximate surface area is 143 Å². The molecule has 4 nitrogen and oxygen atoms in total. The summed E-state index contributed by atoms with van der Waals surface area (Å²) >= 11 is 1.26. The van der Waals surface area contributed by atoms with Gasteiger partial charge in [0.2, 0.25) is 0 Å². The lowest BCUT2D eigenvalue weighted by Gasteiger charge is -2.32. The van der Waals surface area contributed by atoms with Crippen LogP contribution in [-0.4, -0.2) is 34.2 Å². The Hall–Kier alpha value is -1.11. The summed E-state index contributed by atoms with van der Waals surface area (Å²) in [6, 6.07) is 3.97. The molecule has 2 rings (SSSR count). The summed E-state index contributed by atoms with van der Waals surface area (Å²) in [5.74, 6) is 0.542. The molecule has 124 valence electrons. The molecule has 0 unspecified atom stereocenters. The first-order valence-corrected chi connectivity index (χ1v) is 8.71. The van der Waals surface area contributed by atoms with E-state index in [9.17, 15) is 4.79 Å². The van der Waals surface area contributed by atoms with Crippen molar-refractivity contribution in [2.24, 2.45) is 0 Å². The van der Waals surface area contributed by atoms with Crippen LogP contribution in [0.5, 0.6) is 0 Å². The van der Waals surface area contributed by atoms with Gasteiger partial charge in [-0.2, -0.15) is 0 Å². The van der Waals surface area contributed by atoms with Crippen LogP contribution in [0.2, 0.25) is 0 Å². The minimum atomic E-state index is -0.451. The van der Waals surface area contributed by atoms with E-state index in [1.54, 1.807) is 6.92 Å². The van der Waals surface area contributed by atoms with Gasteiger partial charge in [-0.25, -0.2) is 0 Å². The Morgan fingerprint density at radius 2 is 1.87 bits per heavy atom. The molecule has 0 saturated carbocycles. The highest BCUT2D eigenvalue weighted by Gasteiger charge is 2.52. The van der Waals surface area contributed by atoms with E-state index in [4.69, 9.17) is 9.31 Å². The van der Waals surface area contributed by atoms with Crippen LogP contribution in [0.25, 0.3) is 6.08 Å². The van der Waals surface area contributed by atoms with Gasteiger partial charge in [-0.3, -0.25) is 9.78 Å². The topological polar surface area (TPSA) is 48.4 Å². The van der Waals surface area contributed by atoms with E-state index in [2.05, 4.69) is 4.98 Å². The van der Waals surface area contributed by atoms with Crippen molar-refractivity contribution in [1.82, 2.24) is 4.98 Å². The molecule has 2 heterocycles. The minimum Gasteiger partial charge on any atom is -0.400 e. The van der Waals surface area contributed by atoms with Crippen molar-refractivity contribution in [2.45, 2.75) is 52.7 Å². The van der Waals surface area contributed by atoms with E-state index in [0.29, 0.717) is 5.75 Å². The molecule has 1 aliphatic rings. The number of carbonyl (C=O) groups excluding carboxylic acids is 1. The zero-order valence-electron chi connectivity index (χ0n) is 14.7. The van der Waals surface area contributed by atoms with Crippen molar-refractivity contribution in [2.75, 3.05) is 5.75 Å². The second-order valence-corrected chi connectivity index (χ2v) is 7.97. The summed E-state index contributed by atoms with van der Waals surface area (Å²) in [5, 5.41) is 0.0782. The third kappa shape index (κ3) is 4.46. The van der Waals surface area contributed by atoms with E-state index in [1.807, 2.05) is 59.0 Å². The number of thioether (sulfide) groups is 1. The molecule has 0 amide bonds. The number of carbonyl (C=O) groups is 1. The third-order valence-electron chi connectivity index (χ3n) is 4.28. The second-order valence-electron chi connectivity index (χ2n) is 6.82. The summed E-state index contributed by atoms with van der Waals surface area (Å²) in [5.41, 5.74) is 2.09. The van der Waals surface area contributed by atoms with Gasteiger partial charge in [0.1, 0.15) is 0 Å². The molecule has 1 fully saturated rings. The predicted octanol–water partition coefficient (Wildman–Crippen LogP) is 3.68. The molecule has 23 heavy (non-hydrogen) atoms. The number of hydrogen-bond donors (Lipinski definition) is 0. The lowest BCUT2D eigenvalue weighted by molar-refractivity contribution is -0.109.